The van der Waals surface area contributed by atoms with Crippen LogP contribution in [0.25, 0.3) is 0 Å². The average Bonchev–Trinajstić information content (AvgIpc) is 3.27. The van der Waals surface area contributed by atoms with Crippen LogP contribution in [0.5, 0.6) is 0 Å². The van der Waals surface area contributed by atoms with Gasteiger partial charge >= 0.3 is 5.97 Å². The van der Waals surface area contributed by atoms with Gasteiger partial charge < -0.3 is 4.74 Å². The molecular weight excluding hydrogens is 432 g/mol. The van der Waals surface area contributed by atoms with Crippen LogP contribution in [0.4, 0.5) is 0 Å². The molecule has 206 valence electrons. The van der Waals surface area contributed by atoms with E-state index in [1.165, 1.54) is 155 Å². The molecule has 0 radical (unpaired) electrons. The van der Waals surface area contributed by atoms with Gasteiger partial charge in [-0.2, -0.15) is 0 Å². The van der Waals surface area contributed by atoms with Crippen molar-refractivity contribution in [3.05, 3.63) is 0 Å². The fourth-order valence-electron chi connectivity index (χ4n) is 5.88. The highest BCUT2D eigenvalue weighted by atomic mass is 16.5. The van der Waals surface area contributed by atoms with Gasteiger partial charge in [0.1, 0.15) is 6.10 Å². The van der Waals surface area contributed by atoms with E-state index >= 15 is 0 Å². The summed E-state index contributed by atoms with van der Waals surface area (Å²) in [6.07, 6.45) is 28.6. The van der Waals surface area contributed by atoms with Crippen molar-refractivity contribution >= 4 is 5.97 Å². The first-order valence-corrected chi connectivity index (χ1v) is 15.9. The first-order chi connectivity index (χ1) is 17.3. The molecule has 0 aromatic heterocycles. The number of carbonyl (C=O) groups is 1. The molecule has 0 aliphatic carbocycles. The van der Waals surface area contributed by atoms with E-state index in [0.717, 1.165) is 19.5 Å². The Kier molecular flexibility index (Phi) is 18.8. The van der Waals surface area contributed by atoms with E-state index in [2.05, 4.69) is 16.7 Å². The topological polar surface area (TPSA) is 32.8 Å². The van der Waals surface area contributed by atoms with E-state index in [1.54, 1.807) is 0 Å². The molecule has 2 heterocycles. The minimum Gasteiger partial charge on any atom is -0.460 e. The normalized spacial score (nSPS) is 18.5. The standard InChI is InChI=1S/C31H60N2O2/c1-2-3-4-5-6-7-8-9-10-11-12-13-18-23-31(34)35-30(28-32-24-19-14-15-20-25-32)29-33-26-21-16-17-22-27-33/h30H,2-29H2,1H3. The van der Waals surface area contributed by atoms with E-state index < -0.39 is 0 Å². The highest BCUT2D eigenvalue weighted by Gasteiger charge is 2.22. The summed E-state index contributed by atoms with van der Waals surface area (Å²) in [4.78, 5) is 17.8. The van der Waals surface area contributed by atoms with E-state index in [9.17, 15) is 4.79 Å². The Morgan fingerprint density at radius 3 is 1.34 bits per heavy atom. The van der Waals surface area contributed by atoms with Gasteiger partial charge in [0, 0.05) is 19.5 Å². The zero-order valence-corrected chi connectivity index (χ0v) is 23.6. The summed E-state index contributed by atoms with van der Waals surface area (Å²) in [6, 6.07) is 0. The van der Waals surface area contributed by atoms with Crippen LogP contribution in [-0.4, -0.2) is 61.1 Å². The lowest BCUT2D eigenvalue weighted by molar-refractivity contribution is -0.151. The van der Waals surface area contributed by atoms with Crippen LogP contribution in [-0.2, 0) is 9.53 Å². The van der Waals surface area contributed by atoms with Crippen LogP contribution in [0.2, 0.25) is 0 Å². The number of unbranched alkanes of at least 4 members (excludes halogenated alkanes) is 12. The molecule has 0 unspecified atom stereocenters. The molecule has 35 heavy (non-hydrogen) atoms. The molecule has 0 aromatic carbocycles. The lowest BCUT2D eigenvalue weighted by atomic mass is 10.0. The summed E-state index contributed by atoms with van der Waals surface area (Å²) in [5.41, 5.74) is 0. The lowest BCUT2D eigenvalue weighted by Crippen LogP contribution is -2.43. The van der Waals surface area contributed by atoms with Crippen molar-refractivity contribution in [1.82, 2.24) is 9.80 Å². The number of rotatable bonds is 19. The molecule has 0 N–H and O–H groups in total. The predicted molar refractivity (Wildman–Crippen MR) is 150 cm³/mol. The molecule has 2 aliphatic rings. The van der Waals surface area contributed by atoms with Crippen molar-refractivity contribution in [3.8, 4) is 0 Å². The second-order valence-electron chi connectivity index (χ2n) is 11.5. The van der Waals surface area contributed by atoms with Crippen molar-refractivity contribution in [2.75, 3.05) is 39.3 Å². The molecule has 2 rings (SSSR count). The molecule has 4 heteroatoms. The molecule has 0 atom stereocenters. The number of ether oxygens (including phenoxy) is 1. The maximum Gasteiger partial charge on any atom is 0.306 e. The first-order valence-electron chi connectivity index (χ1n) is 15.9. The van der Waals surface area contributed by atoms with Crippen LogP contribution in [0.15, 0.2) is 0 Å². The van der Waals surface area contributed by atoms with Gasteiger partial charge in [0.2, 0.25) is 0 Å². The zero-order valence-electron chi connectivity index (χ0n) is 23.6. The molecule has 2 saturated heterocycles. The van der Waals surface area contributed by atoms with Crippen molar-refractivity contribution in [2.24, 2.45) is 0 Å². The summed E-state index contributed by atoms with van der Waals surface area (Å²) in [6.45, 7) is 8.84. The summed E-state index contributed by atoms with van der Waals surface area (Å²) >= 11 is 0. The monoisotopic (exact) mass is 492 g/mol. The molecule has 0 spiro atoms. The Morgan fingerprint density at radius 2 is 0.943 bits per heavy atom. The molecule has 0 bridgehead atoms. The first kappa shape index (κ1) is 30.6. The minimum absolute atomic E-state index is 0.0423. The molecular formula is C31H60N2O2. The summed E-state index contributed by atoms with van der Waals surface area (Å²) in [5.74, 6) is 0.0442. The number of nitrogens with zero attached hydrogens (tertiary/aromatic N) is 2. The fourth-order valence-corrected chi connectivity index (χ4v) is 5.88. The third-order valence-electron chi connectivity index (χ3n) is 8.10. The molecule has 2 aliphatic heterocycles. The molecule has 2 fully saturated rings. The third-order valence-corrected chi connectivity index (χ3v) is 8.10. The smallest absolute Gasteiger partial charge is 0.306 e. The number of hydrogen-bond acceptors (Lipinski definition) is 4. The third kappa shape index (κ3) is 16.7. The van der Waals surface area contributed by atoms with E-state index in [1.807, 2.05) is 0 Å². The Balaban J connectivity index is 1.56. The van der Waals surface area contributed by atoms with Gasteiger partial charge in [-0.25, -0.2) is 0 Å². The van der Waals surface area contributed by atoms with Gasteiger partial charge in [-0.05, 0) is 58.3 Å². The largest absolute Gasteiger partial charge is 0.460 e. The van der Waals surface area contributed by atoms with Gasteiger partial charge in [0.05, 0.1) is 0 Å². The van der Waals surface area contributed by atoms with Crippen LogP contribution in [0.1, 0.15) is 148 Å². The SMILES string of the molecule is CCCCCCCCCCCCCCCC(=O)OC(CN1CCCCCC1)CN1CCCCCC1. The van der Waals surface area contributed by atoms with Crippen molar-refractivity contribution in [1.29, 1.82) is 0 Å². The van der Waals surface area contributed by atoms with Crippen molar-refractivity contribution < 1.29 is 9.53 Å². The maximum atomic E-state index is 12.7. The van der Waals surface area contributed by atoms with Crippen LogP contribution >= 0.6 is 0 Å². The van der Waals surface area contributed by atoms with Crippen molar-refractivity contribution in [3.63, 3.8) is 0 Å². The van der Waals surface area contributed by atoms with Crippen LogP contribution in [0.3, 0.4) is 0 Å². The summed E-state index contributed by atoms with van der Waals surface area (Å²) in [7, 11) is 0. The predicted octanol–water partition coefficient (Wildman–Crippen LogP) is 8.13. The van der Waals surface area contributed by atoms with E-state index in [4.69, 9.17) is 4.74 Å². The van der Waals surface area contributed by atoms with Crippen molar-refractivity contribution in [2.45, 2.75) is 154 Å². The molecule has 4 nitrogen and oxygen atoms in total. The van der Waals surface area contributed by atoms with Gasteiger partial charge in [-0.15, -0.1) is 0 Å². The Bertz CT molecular complexity index is 460. The summed E-state index contributed by atoms with van der Waals surface area (Å²) in [5, 5.41) is 0. The van der Waals surface area contributed by atoms with E-state index in [-0.39, 0.29) is 12.1 Å². The number of esters is 1. The second kappa shape index (κ2) is 21.5. The van der Waals surface area contributed by atoms with Gasteiger partial charge in [0.25, 0.3) is 0 Å². The Hall–Kier alpha value is -0.610. The highest BCUT2D eigenvalue weighted by molar-refractivity contribution is 5.69. The van der Waals surface area contributed by atoms with Crippen LogP contribution < -0.4 is 0 Å². The number of hydrogen-bond donors (Lipinski definition) is 0. The fraction of sp³-hybridized carbons (Fsp3) is 0.968. The van der Waals surface area contributed by atoms with Gasteiger partial charge in [0.15, 0.2) is 0 Å². The zero-order chi connectivity index (χ0) is 24.8. The average molecular weight is 493 g/mol. The number of carbonyl (C=O) groups excluding carboxylic acids is 1. The summed E-state index contributed by atoms with van der Waals surface area (Å²) < 4.78 is 6.12. The highest BCUT2D eigenvalue weighted by Crippen LogP contribution is 2.16. The molecule has 0 aromatic rings. The van der Waals surface area contributed by atoms with Gasteiger partial charge in [-0.1, -0.05) is 110 Å². The molecule has 0 amide bonds. The lowest BCUT2D eigenvalue weighted by Gasteiger charge is -2.30. The number of likely N-dealkylation sites (tertiary alicyclic amines) is 2. The van der Waals surface area contributed by atoms with E-state index in [0.29, 0.717) is 6.42 Å². The second-order valence-corrected chi connectivity index (χ2v) is 11.5. The molecule has 0 saturated carbocycles. The minimum atomic E-state index is 0.0423. The quantitative estimate of drug-likeness (QED) is 0.135. The maximum absolute atomic E-state index is 12.7. The Labute approximate surface area is 218 Å². The van der Waals surface area contributed by atoms with Gasteiger partial charge in [-0.3, -0.25) is 14.6 Å². The Morgan fingerprint density at radius 1 is 0.571 bits per heavy atom. The van der Waals surface area contributed by atoms with Crippen LogP contribution in [0, 0.1) is 0 Å².